The van der Waals surface area contributed by atoms with Crippen molar-refractivity contribution in [2.75, 3.05) is 25.5 Å². The van der Waals surface area contributed by atoms with Gasteiger partial charge in [-0.25, -0.2) is 8.42 Å². The van der Waals surface area contributed by atoms with E-state index < -0.39 is 10.0 Å². The van der Waals surface area contributed by atoms with Crippen molar-refractivity contribution in [2.24, 2.45) is 0 Å². The highest BCUT2D eigenvalue weighted by atomic mass is 32.2. The van der Waals surface area contributed by atoms with Crippen LogP contribution in [0.1, 0.15) is 12.8 Å². The van der Waals surface area contributed by atoms with E-state index in [2.05, 4.69) is 5.32 Å². The van der Waals surface area contributed by atoms with Gasteiger partial charge in [0.05, 0.1) is 17.5 Å². The average Bonchev–Trinajstić information content (AvgIpc) is 3.31. The molecule has 0 aliphatic carbocycles. The van der Waals surface area contributed by atoms with Crippen LogP contribution in [-0.2, 0) is 21.4 Å². The highest BCUT2D eigenvalue weighted by Crippen LogP contribution is 2.24. The van der Waals surface area contributed by atoms with E-state index >= 15 is 0 Å². The molecule has 1 N–H and O–H groups in total. The van der Waals surface area contributed by atoms with E-state index in [9.17, 15) is 18.0 Å². The number of fused-ring (bicyclic) bond motifs is 1. The molecule has 162 valence electrons. The van der Waals surface area contributed by atoms with Gasteiger partial charge < -0.3 is 10.1 Å². The molecule has 0 atom stereocenters. The molecule has 9 heteroatoms. The molecule has 0 spiro atoms. The number of carbonyl (C=O) groups is 1. The zero-order valence-electron chi connectivity index (χ0n) is 17.1. The summed E-state index contributed by atoms with van der Waals surface area (Å²) < 4.78 is 33.6. The third-order valence-corrected chi connectivity index (χ3v) is 7.21. The van der Waals surface area contributed by atoms with Gasteiger partial charge in [-0.05, 0) is 54.6 Å². The number of pyridine rings is 1. The number of aromatic nitrogens is 1. The highest BCUT2D eigenvalue weighted by molar-refractivity contribution is 7.89. The second kappa shape index (κ2) is 8.52. The number of benzene rings is 2. The molecule has 4 rings (SSSR count). The molecule has 8 nitrogen and oxygen atoms in total. The number of nitrogens with one attached hydrogen (secondary N) is 1. The third-order valence-electron chi connectivity index (χ3n) is 5.32. The maximum atomic E-state index is 12.8. The molecule has 3 aromatic rings. The van der Waals surface area contributed by atoms with Crippen LogP contribution in [0.5, 0.6) is 5.75 Å². The van der Waals surface area contributed by atoms with Crippen LogP contribution in [0.25, 0.3) is 10.9 Å². The zero-order chi connectivity index (χ0) is 22.0. The first-order chi connectivity index (χ1) is 14.9. The molecule has 0 unspecified atom stereocenters. The van der Waals surface area contributed by atoms with Crippen molar-refractivity contribution in [1.82, 2.24) is 8.87 Å². The van der Waals surface area contributed by atoms with Crippen molar-refractivity contribution >= 4 is 32.5 Å². The van der Waals surface area contributed by atoms with Gasteiger partial charge in [0, 0.05) is 30.9 Å². The fraction of sp³-hybridized carbons (Fsp3) is 0.273. The molecule has 2 aromatic carbocycles. The summed E-state index contributed by atoms with van der Waals surface area (Å²) in [4.78, 5) is 25.2. The Morgan fingerprint density at radius 3 is 2.58 bits per heavy atom. The van der Waals surface area contributed by atoms with Crippen LogP contribution in [0.3, 0.4) is 0 Å². The number of amides is 1. The second-order valence-corrected chi connectivity index (χ2v) is 9.31. The topological polar surface area (TPSA) is 97.7 Å². The molecule has 1 amide bonds. The fourth-order valence-corrected chi connectivity index (χ4v) is 5.28. The quantitative estimate of drug-likeness (QED) is 0.634. The molecule has 31 heavy (non-hydrogen) atoms. The first-order valence-electron chi connectivity index (χ1n) is 9.96. The monoisotopic (exact) mass is 441 g/mol. The van der Waals surface area contributed by atoms with Crippen molar-refractivity contribution in [3.05, 3.63) is 65.0 Å². The van der Waals surface area contributed by atoms with E-state index in [0.29, 0.717) is 35.4 Å². The van der Waals surface area contributed by atoms with Crippen LogP contribution < -0.4 is 15.6 Å². The van der Waals surface area contributed by atoms with E-state index in [1.54, 1.807) is 42.5 Å². The van der Waals surface area contributed by atoms with Crippen molar-refractivity contribution < 1.29 is 17.9 Å². The average molecular weight is 442 g/mol. The lowest BCUT2D eigenvalue weighted by Gasteiger charge is -2.16. The van der Waals surface area contributed by atoms with Gasteiger partial charge in [0.2, 0.25) is 15.9 Å². The van der Waals surface area contributed by atoms with Crippen LogP contribution >= 0.6 is 0 Å². The van der Waals surface area contributed by atoms with E-state index in [1.165, 1.54) is 28.1 Å². The number of methoxy groups -OCH3 is 1. The van der Waals surface area contributed by atoms with Crippen LogP contribution in [0, 0.1) is 0 Å². The van der Waals surface area contributed by atoms with Gasteiger partial charge in [-0.2, -0.15) is 4.31 Å². The normalized spacial score (nSPS) is 14.6. The summed E-state index contributed by atoms with van der Waals surface area (Å²) in [6.45, 7) is 0.834. The van der Waals surface area contributed by atoms with Crippen LogP contribution in [0.15, 0.2) is 64.3 Å². The minimum absolute atomic E-state index is 0.188. The Hall–Kier alpha value is -3.17. The maximum absolute atomic E-state index is 12.8. The van der Waals surface area contributed by atoms with E-state index in [-0.39, 0.29) is 22.9 Å². The molecule has 0 radical (unpaired) electrons. The van der Waals surface area contributed by atoms with Crippen LogP contribution in [-0.4, -0.2) is 43.4 Å². The first-order valence-corrected chi connectivity index (χ1v) is 11.4. The summed E-state index contributed by atoms with van der Waals surface area (Å²) in [5.74, 6) is 0.225. The predicted octanol–water partition coefficient (Wildman–Crippen LogP) is 2.43. The van der Waals surface area contributed by atoms with Gasteiger partial charge in [-0.3, -0.25) is 14.2 Å². The number of anilines is 1. The molecule has 1 fully saturated rings. The summed E-state index contributed by atoms with van der Waals surface area (Å²) in [6.07, 6.45) is 1.71. The first kappa shape index (κ1) is 21.1. The summed E-state index contributed by atoms with van der Waals surface area (Å²) in [5.41, 5.74) is 0.703. The smallest absolute Gasteiger partial charge is 0.251 e. The Morgan fingerprint density at radius 2 is 1.84 bits per heavy atom. The number of sulfonamides is 1. The lowest BCUT2D eigenvalue weighted by Crippen LogP contribution is -2.28. The number of rotatable bonds is 6. The number of hydrogen-bond acceptors (Lipinski definition) is 5. The Kier molecular flexibility index (Phi) is 5.79. The van der Waals surface area contributed by atoms with Crippen molar-refractivity contribution in [3.8, 4) is 5.75 Å². The molecule has 1 aliphatic rings. The molecular weight excluding hydrogens is 418 g/mol. The van der Waals surface area contributed by atoms with E-state index in [4.69, 9.17) is 4.74 Å². The second-order valence-electron chi connectivity index (χ2n) is 7.37. The number of nitrogens with zero attached hydrogens (tertiary/aromatic N) is 2. The Morgan fingerprint density at radius 1 is 1.06 bits per heavy atom. The fourth-order valence-electron chi connectivity index (χ4n) is 3.73. The lowest BCUT2D eigenvalue weighted by molar-refractivity contribution is -0.116. The number of ether oxygens (including phenoxy) is 1. The molecule has 0 saturated carbocycles. The SMILES string of the molecule is COc1cccc(NC(=O)Cn2c(=O)ccc3cc(S(=O)(=O)N4CCCC4)ccc32)c1. The molecule has 1 aliphatic heterocycles. The highest BCUT2D eigenvalue weighted by Gasteiger charge is 2.27. The van der Waals surface area contributed by atoms with Crippen molar-refractivity contribution in [2.45, 2.75) is 24.3 Å². The third kappa shape index (κ3) is 4.33. The zero-order valence-corrected chi connectivity index (χ0v) is 17.9. The molecule has 2 heterocycles. The van der Waals surface area contributed by atoms with Gasteiger partial charge in [-0.1, -0.05) is 6.07 Å². The standard InChI is InChI=1S/C22H23N3O5S/c1-30-18-6-4-5-17(14-18)23-21(26)15-25-20-9-8-19(13-16(20)7-10-22(25)27)31(28,29)24-11-2-3-12-24/h4-10,13-14H,2-3,11-12,15H2,1H3,(H,23,26). The Bertz CT molecular complexity index is 1290. The Labute approximate surface area is 180 Å². The van der Waals surface area contributed by atoms with Crippen molar-refractivity contribution in [1.29, 1.82) is 0 Å². The maximum Gasteiger partial charge on any atom is 0.251 e. The van der Waals surface area contributed by atoms with Gasteiger partial charge in [0.15, 0.2) is 0 Å². The number of hydrogen-bond donors (Lipinski definition) is 1. The molecule has 1 saturated heterocycles. The van der Waals surface area contributed by atoms with Crippen LogP contribution in [0.2, 0.25) is 0 Å². The summed E-state index contributed by atoms with van der Waals surface area (Å²) in [6, 6.07) is 14.5. The van der Waals surface area contributed by atoms with E-state index in [0.717, 1.165) is 12.8 Å². The van der Waals surface area contributed by atoms with Crippen LogP contribution in [0.4, 0.5) is 5.69 Å². The summed E-state index contributed by atoms with van der Waals surface area (Å²) in [7, 11) is -2.03. The lowest BCUT2D eigenvalue weighted by atomic mass is 10.2. The summed E-state index contributed by atoms with van der Waals surface area (Å²) in [5, 5.41) is 3.33. The van der Waals surface area contributed by atoms with Gasteiger partial charge >= 0.3 is 0 Å². The molecular formula is C22H23N3O5S. The Balaban J connectivity index is 1.62. The van der Waals surface area contributed by atoms with E-state index in [1.807, 2.05) is 0 Å². The largest absolute Gasteiger partial charge is 0.497 e. The van der Waals surface area contributed by atoms with Gasteiger partial charge in [0.1, 0.15) is 12.3 Å². The van der Waals surface area contributed by atoms with Gasteiger partial charge in [0.25, 0.3) is 5.56 Å². The number of carbonyl (C=O) groups excluding carboxylic acids is 1. The molecule has 1 aromatic heterocycles. The minimum Gasteiger partial charge on any atom is -0.497 e. The predicted molar refractivity (Wildman–Crippen MR) is 118 cm³/mol. The summed E-state index contributed by atoms with van der Waals surface area (Å²) >= 11 is 0. The minimum atomic E-state index is -3.57. The molecule has 0 bridgehead atoms. The van der Waals surface area contributed by atoms with Gasteiger partial charge in [-0.15, -0.1) is 0 Å². The van der Waals surface area contributed by atoms with Crippen molar-refractivity contribution in [3.63, 3.8) is 0 Å².